The predicted octanol–water partition coefficient (Wildman–Crippen LogP) is 2.18. The number of rotatable bonds is 9. The van der Waals surface area contributed by atoms with E-state index in [9.17, 15) is 14.4 Å². The molecule has 172 valence electrons. The van der Waals surface area contributed by atoms with Crippen molar-refractivity contribution in [3.05, 3.63) is 60.7 Å². The van der Waals surface area contributed by atoms with Crippen molar-refractivity contribution < 1.29 is 14.4 Å². The first-order valence-electron chi connectivity index (χ1n) is 11.2. The van der Waals surface area contributed by atoms with E-state index in [2.05, 4.69) is 22.3 Å². The molecular weight excluding hydrogens is 418 g/mol. The Kier molecular flexibility index (Phi) is 8.83. The van der Waals surface area contributed by atoms with Crippen molar-refractivity contribution in [2.45, 2.75) is 19.3 Å². The first kappa shape index (κ1) is 23.8. The largest absolute Gasteiger partial charge is 0.368 e. The number of carbonyl (C=O) groups excluding carboxylic acids is 3. The summed E-state index contributed by atoms with van der Waals surface area (Å²) in [6.07, 6.45) is 0.207. The summed E-state index contributed by atoms with van der Waals surface area (Å²) in [5.41, 5.74) is 1.84. The van der Waals surface area contributed by atoms with Crippen molar-refractivity contribution in [2.24, 2.45) is 0 Å². The van der Waals surface area contributed by atoms with Gasteiger partial charge in [-0.05, 0) is 24.3 Å². The number of hydrogen-bond donors (Lipinski definition) is 1. The molecule has 2 aromatic carbocycles. The van der Waals surface area contributed by atoms with Gasteiger partial charge in [-0.1, -0.05) is 36.4 Å². The first-order valence-corrected chi connectivity index (χ1v) is 11.2. The van der Waals surface area contributed by atoms with Gasteiger partial charge in [-0.25, -0.2) is 0 Å². The molecule has 3 amide bonds. The highest BCUT2D eigenvalue weighted by atomic mass is 16.2. The fraction of sp³-hybridized carbons (Fsp3) is 0.360. The van der Waals surface area contributed by atoms with Gasteiger partial charge in [0.2, 0.25) is 17.7 Å². The number of amides is 3. The number of para-hydroxylation sites is 2. The number of nitrogens with one attached hydrogen (secondary N) is 1. The quantitative estimate of drug-likeness (QED) is 0.636. The van der Waals surface area contributed by atoms with Crippen molar-refractivity contribution in [1.82, 2.24) is 10.2 Å². The molecule has 3 rings (SSSR count). The molecule has 1 N–H and O–H groups in total. The molecular formula is C25H29N5O3. The third kappa shape index (κ3) is 7.07. The number of anilines is 2. The molecule has 0 unspecified atom stereocenters. The van der Waals surface area contributed by atoms with Crippen LogP contribution in [0.5, 0.6) is 0 Å². The normalized spacial score (nSPS) is 13.2. The Labute approximate surface area is 194 Å². The zero-order valence-electron chi connectivity index (χ0n) is 18.7. The summed E-state index contributed by atoms with van der Waals surface area (Å²) in [5, 5.41) is 11.5. The molecule has 0 atom stereocenters. The third-order valence-electron chi connectivity index (χ3n) is 5.57. The van der Waals surface area contributed by atoms with Crippen LogP contribution in [0.4, 0.5) is 11.4 Å². The lowest BCUT2D eigenvalue weighted by molar-refractivity contribution is -0.133. The zero-order chi connectivity index (χ0) is 23.5. The van der Waals surface area contributed by atoms with E-state index >= 15 is 0 Å². The molecule has 8 heteroatoms. The van der Waals surface area contributed by atoms with Crippen molar-refractivity contribution in [1.29, 1.82) is 5.26 Å². The lowest BCUT2D eigenvalue weighted by Gasteiger charge is -2.36. The molecule has 0 spiro atoms. The Morgan fingerprint density at radius 1 is 0.909 bits per heavy atom. The highest BCUT2D eigenvalue weighted by Crippen LogP contribution is 2.16. The SMILES string of the molecule is N#CCCN(C(=O)CCC(=O)NCC(=O)N1CCN(c2ccccc2)CC1)c1ccccc1. The van der Waals surface area contributed by atoms with Gasteiger partial charge >= 0.3 is 0 Å². The van der Waals surface area contributed by atoms with Gasteiger partial charge < -0.3 is 20.0 Å². The average Bonchev–Trinajstić information content (AvgIpc) is 2.87. The van der Waals surface area contributed by atoms with Gasteiger partial charge in [-0.3, -0.25) is 14.4 Å². The third-order valence-corrected chi connectivity index (χ3v) is 5.57. The average molecular weight is 448 g/mol. The van der Waals surface area contributed by atoms with Crippen LogP contribution in [0.2, 0.25) is 0 Å². The zero-order valence-corrected chi connectivity index (χ0v) is 18.7. The molecule has 0 bridgehead atoms. The van der Waals surface area contributed by atoms with E-state index in [1.54, 1.807) is 17.0 Å². The fourth-order valence-corrected chi connectivity index (χ4v) is 3.75. The van der Waals surface area contributed by atoms with Gasteiger partial charge in [0.1, 0.15) is 0 Å². The Balaban J connectivity index is 1.40. The van der Waals surface area contributed by atoms with E-state index in [1.807, 2.05) is 42.5 Å². The predicted molar refractivity (Wildman–Crippen MR) is 127 cm³/mol. The number of hydrogen-bond acceptors (Lipinski definition) is 5. The summed E-state index contributed by atoms with van der Waals surface area (Å²) in [6.45, 7) is 2.90. The van der Waals surface area contributed by atoms with Gasteiger partial charge in [0, 0.05) is 56.9 Å². The number of piperazine rings is 1. The minimum atomic E-state index is -0.340. The maximum Gasteiger partial charge on any atom is 0.242 e. The summed E-state index contributed by atoms with van der Waals surface area (Å²) in [6, 6.07) is 21.2. The maximum absolute atomic E-state index is 12.6. The highest BCUT2D eigenvalue weighted by molar-refractivity contribution is 5.95. The minimum absolute atomic E-state index is 0.0100. The summed E-state index contributed by atoms with van der Waals surface area (Å²) in [5.74, 6) is -0.690. The number of carbonyl (C=O) groups is 3. The molecule has 0 radical (unpaired) electrons. The van der Waals surface area contributed by atoms with Crippen LogP contribution in [0.25, 0.3) is 0 Å². The lowest BCUT2D eigenvalue weighted by Crippen LogP contribution is -2.51. The molecule has 2 aromatic rings. The van der Waals surface area contributed by atoms with Crippen LogP contribution in [0.1, 0.15) is 19.3 Å². The number of benzene rings is 2. The van der Waals surface area contributed by atoms with Crippen LogP contribution in [-0.2, 0) is 14.4 Å². The molecule has 1 fully saturated rings. The van der Waals surface area contributed by atoms with Crippen molar-refractivity contribution in [3.63, 3.8) is 0 Å². The summed E-state index contributed by atoms with van der Waals surface area (Å²) < 4.78 is 0. The van der Waals surface area contributed by atoms with Gasteiger partial charge in [-0.2, -0.15) is 5.26 Å². The summed E-state index contributed by atoms with van der Waals surface area (Å²) in [7, 11) is 0. The van der Waals surface area contributed by atoms with Gasteiger partial charge in [0.05, 0.1) is 19.0 Å². The highest BCUT2D eigenvalue weighted by Gasteiger charge is 2.22. The van der Waals surface area contributed by atoms with Gasteiger partial charge in [0.25, 0.3) is 0 Å². The second kappa shape index (κ2) is 12.2. The van der Waals surface area contributed by atoms with E-state index in [0.29, 0.717) is 18.8 Å². The smallest absolute Gasteiger partial charge is 0.242 e. The van der Waals surface area contributed by atoms with Crippen molar-refractivity contribution >= 4 is 29.1 Å². The molecule has 0 aliphatic carbocycles. The molecule has 1 aliphatic heterocycles. The minimum Gasteiger partial charge on any atom is -0.368 e. The topological polar surface area (TPSA) is 96.8 Å². The molecule has 0 saturated carbocycles. The van der Waals surface area contributed by atoms with Gasteiger partial charge in [0.15, 0.2) is 0 Å². The number of nitrogens with zero attached hydrogens (tertiary/aromatic N) is 4. The van der Waals surface area contributed by atoms with Crippen LogP contribution in [0.3, 0.4) is 0 Å². The molecule has 33 heavy (non-hydrogen) atoms. The van der Waals surface area contributed by atoms with Crippen LogP contribution >= 0.6 is 0 Å². The van der Waals surface area contributed by atoms with Crippen LogP contribution < -0.4 is 15.1 Å². The van der Waals surface area contributed by atoms with Gasteiger partial charge in [-0.15, -0.1) is 0 Å². The monoisotopic (exact) mass is 447 g/mol. The second-order valence-electron chi connectivity index (χ2n) is 7.77. The van der Waals surface area contributed by atoms with Crippen molar-refractivity contribution in [3.8, 4) is 6.07 Å². The Bertz CT molecular complexity index is 967. The van der Waals surface area contributed by atoms with E-state index < -0.39 is 0 Å². The van der Waals surface area contributed by atoms with E-state index in [1.165, 1.54) is 4.90 Å². The molecule has 1 aliphatic rings. The molecule has 1 saturated heterocycles. The fourth-order valence-electron chi connectivity index (χ4n) is 3.75. The maximum atomic E-state index is 12.6. The Morgan fingerprint density at radius 3 is 2.18 bits per heavy atom. The standard InChI is InChI=1S/C25H29N5O3/c26-14-7-15-30(22-10-5-2-6-11-22)24(32)13-12-23(31)27-20-25(33)29-18-16-28(17-19-29)21-8-3-1-4-9-21/h1-6,8-11H,7,12-13,15-20H2,(H,27,31). The van der Waals surface area contributed by atoms with E-state index in [4.69, 9.17) is 5.26 Å². The molecule has 0 aromatic heterocycles. The van der Waals surface area contributed by atoms with Crippen LogP contribution in [-0.4, -0.2) is 61.9 Å². The molecule has 1 heterocycles. The van der Waals surface area contributed by atoms with Crippen LogP contribution in [0.15, 0.2) is 60.7 Å². The number of nitriles is 1. The van der Waals surface area contributed by atoms with E-state index in [-0.39, 0.29) is 50.1 Å². The Morgan fingerprint density at radius 2 is 1.55 bits per heavy atom. The van der Waals surface area contributed by atoms with Crippen molar-refractivity contribution in [2.75, 3.05) is 49.1 Å². The summed E-state index contributed by atoms with van der Waals surface area (Å²) in [4.78, 5) is 42.9. The first-order chi connectivity index (χ1) is 16.1. The summed E-state index contributed by atoms with van der Waals surface area (Å²) >= 11 is 0. The lowest BCUT2D eigenvalue weighted by atomic mass is 10.2. The Hall–Kier alpha value is -3.86. The second-order valence-corrected chi connectivity index (χ2v) is 7.77. The van der Waals surface area contributed by atoms with Crippen LogP contribution in [0, 0.1) is 11.3 Å². The molecule has 8 nitrogen and oxygen atoms in total. The van der Waals surface area contributed by atoms with E-state index in [0.717, 1.165) is 18.8 Å².